The van der Waals surface area contributed by atoms with Gasteiger partial charge in [-0.2, -0.15) is 5.26 Å². The Bertz CT molecular complexity index is 936. The number of likely N-dealkylation sites (tertiary alicyclic amines) is 1. The number of pyridine rings is 1. The Kier molecular flexibility index (Phi) is 4.61. The maximum Gasteiger partial charge on any atom is 0.328 e. The normalized spacial score (nSPS) is 13.8. The lowest BCUT2D eigenvalue weighted by Gasteiger charge is -2.38. The Hall–Kier alpha value is -3.41. The maximum absolute atomic E-state index is 12.1. The van der Waals surface area contributed by atoms with Gasteiger partial charge in [-0.1, -0.05) is 0 Å². The molecule has 1 N–H and O–H groups in total. The number of rotatable bonds is 5. The molecule has 0 aromatic carbocycles. The Balaban J connectivity index is 1.47. The number of aromatic nitrogens is 3. The smallest absolute Gasteiger partial charge is 0.328 e. The van der Waals surface area contributed by atoms with Crippen molar-refractivity contribution in [1.82, 2.24) is 19.4 Å². The molecule has 9 heteroatoms. The molecule has 1 aliphatic rings. The number of hydrogen-bond donors (Lipinski definition) is 1. The lowest BCUT2D eigenvalue weighted by atomic mass is 10.1. The molecule has 25 heavy (non-hydrogen) atoms. The van der Waals surface area contributed by atoms with Crippen LogP contribution in [0.2, 0.25) is 0 Å². The van der Waals surface area contributed by atoms with Gasteiger partial charge in [0, 0.05) is 37.5 Å². The number of aromatic amines is 1. The molecule has 0 radical (unpaired) electrons. The minimum Gasteiger partial charge on any atom is -0.471 e. The van der Waals surface area contributed by atoms with Crippen LogP contribution in [0.5, 0.6) is 5.88 Å². The quantitative estimate of drug-likeness (QED) is 0.781. The molecule has 128 valence electrons. The van der Waals surface area contributed by atoms with Crippen LogP contribution in [0.3, 0.4) is 0 Å². The van der Waals surface area contributed by atoms with Gasteiger partial charge in [-0.3, -0.25) is 14.6 Å². The van der Waals surface area contributed by atoms with Crippen LogP contribution < -0.4 is 16.0 Å². The van der Waals surface area contributed by atoms with Gasteiger partial charge in [-0.15, -0.1) is 0 Å². The van der Waals surface area contributed by atoms with E-state index >= 15 is 0 Å². The first-order chi connectivity index (χ1) is 12.0. The van der Waals surface area contributed by atoms with Crippen molar-refractivity contribution < 1.29 is 9.53 Å². The minimum atomic E-state index is -0.534. The van der Waals surface area contributed by atoms with Crippen molar-refractivity contribution in [2.24, 2.45) is 0 Å². The van der Waals surface area contributed by atoms with Crippen LogP contribution in [0.15, 0.2) is 40.2 Å². The summed E-state index contributed by atoms with van der Waals surface area (Å²) in [4.78, 5) is 42.4. The summed E-state index contributed by atoms with van der Waals surface area (Å²) in [7, 11) is 0. The van der Waals surface area contributed by atoms with Crippen LogP contribution in [-0.2, 0) is 11.3 Å². The molecule has 1 aliphatic heterocycles. The van der Waals surface area contributed by atoms with E-state index in [2.05, 4.69) is 9.97 Å². The summed E-state index contributed by atoms with van der Waals surface area (Å²) in [5.41, 5.74) is -0.540. The standard InChI is InChI=1S/C16H15N5O4/c17-8-11-1-4-18-14(7-11)25-12-9-21(10-12)15(23)3-6-20-5-2-13(22)19-16(20)24/h1-2,4-5,7,12H,3,6,9-10H2,(H,19,22,24). The van der Waals surface area contributed by atoms with E-state index in [1.54, 1.807) is 17.0 Å². The van der Waals surface area contributed by atoms with Gasteiger partial charge in [0.25, 0.3) is 5.56 Å². The van der Waals surface area contributed by atoms with E-state index in [0.717, 1.165) is 0 Å². The molecule has 0 aliphatic carbocycles. The first-order valence-corrected chi connectivity index (χ1v) is 7.65. The number of carbonyl (C=O) groups is 1. The highest BCUT2D eigenvalue weighted by Gasteiger charge is 2.32. The van der Waals surface area contributed by atoms with E-state index < -0.39 is 11.2 Å². The van der Waals surface area contributed by atoms with E-state index in [4.69, 9.17) is 10.00 Å². The molecule has 0 atom stereocenters. The van der Waals surface area contributed by atoms with E-state index in [1.165, 1.54) is 23.0 Å². The molecular weight excluding hydrogens is 326 g/mol. The van der Waals surface area contributed by atoms with Gasteiger partial charge in [0.05, 0.1) is 24.7 Å². The van der Waals surface area contributed by atoms with Crippen molar-refractivity contribution in [3.63, 3.8) is 0 Å². The third-order valence-corrected chi connectivity index (χ3v) is 3.82. The van der Waals surface area contributed by atoms with Crippen molar-refractivity contribution in [3.8, 4) is 11.9 Å². The van der Waals surface area contributed by atoms with E-state index in [1.807, 2.05) is 6.07 Å². The van der Waals surface area contributed by atoms with Crippen molar-refractivity contribution in [2.75, 3.05) is 13.1 Å². The molecule has 0 unspecified atom stereocenters. The Morgan fingerprint density at radius 3 is 2.92 bits per heavy atom. The second-order valence-corrected chi connectivity index (χ2v) is 5.59. The second kappa shape index (κ2) is 7.00. The zero-order valence-electron chi connectivity index (χ0n) is 13.2. The largest absolute Gasteiger partial charge is 0.471 e. The van der Waals surface area contributed by atoms with Gasteiger partial charge in [0.2, 0.25) is 11.8 Å². The monoisotopic (exact) mass is 341 g/mol. The molecule has 3 heterocycles. The highest BCUT2D eigenvalue weighted by Crippen LogP contribution is 2.17. The van der Waals surface area contributed by atoms with Gasteiger partial charge < -0.3 is 14.2 Å². The Morgan fingerprint density at radius 2 is 2.20 bits per heavy atom. The lowest BCUT2D eigenvalue weighted by molar-refractivity contribution is -0.140. The number of hydrogen-bond acceptors (Lipinski definition) is 6. The fraction of sp³-hybridized carbons (Fsp3) is 0.312. The van der Waals surface area contributed by atoms with Crippen molar-refractivity contribution in [3.05, 3.63) is 57.0 Å². The summed E-state index contributed by atoms with van der Waals surface area (Å²) < 4.78 is 6.90. The molecule has 1 fully saturated rings. The molecule has 0 spiro atoms. The number of nitrogens with zero attached hydrogens (tertiary/aromatic N) is 4. The van der Waals surface area contributed by atoms with E-state index in [9.17, 15) is 14.4 Å². The van der Waals surface area contributed by atoms with Crippen LogP contribution in [0.1, 0.15) is 12.0 Å². The average molecular weight is 341 g/mol. The maximum atomic E-state index is 12.1. The molecule has 0 bridgehead atoms. The molecule has 2 aromatic heterocycles. The number of aryl methyl sites for hydroxylation is 1. The zero-order chi connectivity index (χ0) is 17.8. The number of nitrogens with one attached hydrogen (secondary N) is 1. The Morgan fingerprint density at radius 1 is 1.40 bits per heavy atom. The fourth-order valence-electron chi connectivity index (χ4n) is 2.43. The van der Waals surface area contributed by atoms with Gasteiger partial charge in [0.15, 0.2) is 0 Å². The van der Waals surface area contributed by atoms with E-state index in [0.29, 0.717) is 24.5 Å². The summed E-state index contributed by atoms with van der Waals surface area (Å²) in [5.74, 6) is 0.257. The summed E-state index contributed by atoms with van der Waals surface area (Å²) in [6, 6.07) is 6.38. The molecule has 0 saturated carbocycles. The molecule has 1 amide bonds. The minimum absolute atomic E-state index is 0.100. The fourth-order valence-corrected chi connectivity index (χ4v) is 2.43. The predicted octanol–water partition coefficient (Wildman–Crippen LogP) is -0.517. The van der Waals surface area contributed by atoms with Crippen molar-refractivity contribution in [2.45, 2.75) is 19.1 Å². The number of carbonyl (C=O) groups excluding carboxylic acids is 1. The summed E-state index contributed by atoms with van der Waals surface area (Å²) >= 11 is 0. The van der Waals surface area contributed by atoms with Crippen LogP contribution >= 0.6 is 0 Å². The van der Waals surface area contributed by atoms with E-state index in [-0.39, 0.29) is 25.0 Å². The van der Waals surface area contributed by atoms with Gasteiger partial charge in [-0.25, -0.2) is 9.78 Å². The third-order valence-electron chi connectivity index (χ3n) is 3.82. The molecule has 2 aromatic rings. The SMILES string of the molecule is N#Cc1ccnc(OC2CN(C(=O)CCn3ccc(=O)[nH]c3=O)C2)c1. The van der Waals surface area contributed by atoms with Gasteiger partial charge >= 0.3 is 5.69 Å². The summed E-state index contributed by atoms with van der Waals surface area (Å²) in [5, 5.41) is 8.84. The lowest BCUT2D eigenvalue weighted by Crippen LogP contribution is -2.56. The Labute approximate surface area is 142 Å². The number of amides is 1. The highest BCUT2D eigenvalue weighted by molar-refractivity contribution is 5.77. The highest BCUT2D eigenvalue weighted by atomic mass is 16.5. The van der Waals surface area contributed by atoms with Gasteiger partial charge in [-0.05, 0) is 6.07 Å². The number of H-pyrrole nitrogens is 1. The summed E-state index contributed by atoms with van der Waals surface area (Å²) in [6.07, 6.45) is 2.85. The van der Waals surface area contributed by atoms with Crippen LogP contribution in [0, 0.1) is 11.3 Å². The first-order valence-electron chi connectivity index (χ1n) is 7.65. The average Bonchev–Trinajstić information content (AvgIpc) is 2.57. The predicted molar refractivity (Wildman–Crippen MR) is 85.9 cm³/mol. The number of ether oxygens (including phenoxy) is 1. The van der Waals surface area contributed by atoms with Crippen molar-refractivity contribution in [1.29, 1.82) is 5.26 Å². The van der Waals surface area contributed by atoms with Crippen molar-refractivity contribution >= 4 is 5.91 Å². The van der Waals surface area contributed by atoms with Crippen LogP contribution in [-0.4, -0.2) is 44.5 Å². The zero-order valence-corrected chi connectivity index (χ0v) is 13.2. The second-order valence-electron chi connectivity index (χ2n) is 5.59. The molecule has 9 nitrogen and oxygen atoms in total. The molecule has 3 rings (SSSR count). The van der Waals surface area contributed by atoms with Crippen LogP contribution in [0.25, 0.3) is 0 Å². The third kappa shape index (κ3) is 3.92. The van der Waals surface area contributed by atoms with Crippen LogP contribution in [0.4, 0.5) is 0 Å². The first kappa shape index (κ1) is 16.4. The topological polar surface area (TPSA) is 121 Å². The molecule has 1 saturated heterocycles. The summed E-state index contributed by atoms with van der Waals surface area (Å²) in [6.45, 7) is 1.05. The van der Waals surface area contributed by atoms with Gasteiger partial charge in [0.1, 0.15) is 6.10 Å². The molecular formula is C16H15N5O4. The number of nitriles is 1.